The maximum Gasteiger partial charge on any atom is 0.305 e. The zero-order chi connectivity index (χ0) is 15.8. The highest BCUT2D eigenvalue weighted by Crippen LogP contribution is 1.98. The van der Waals surface area contributed by atoms with Gasteiger partial charge in [-0.3, -0.25) is 4.79 Å². The molecule has 0 aliphatic carbocycles. The summed E-state index contributed by atoms with van der Waals surface area (Å²) in [5.41, 5.74) is 0. The summed E-state index contributed by atoms with van der Waals surface area (Å²) in [5, 5.41) is 0. The number of ether oxygens (including phenoxy) is 5. The van der Waals surface area contributed by atoms with Crippen LogP contribution in [-0.4, -0.2) is 65.9 Å². The van der Waals surface area contributed by atoms with Gasteiger partial charge in [0, 0.05) is 20.1 Å². The van der Waals surface area contributed by atoms with Gasteiger partial charge in [-0.2, -0.15) is 0 Å². The Morgan fingerprint density at radius 3 is 1.90 bits per heavy atom. The van der Waals surface area contributed by atoms with Gasteiger partial charge in [-0.25, -0.2) is 0 Å². The molecule has 0 spiro atoms. The van der Waals surface area contributed by atoms with Crippen molar-refractivity contribution in [1.82, 2.24) is 0 Å². The van der Waals surface area contributed by atoms with Gasteiger partial charge in [-0.05, 0) is 12.3 Å². The molecule has 0 rings (SSSR count). The van der Waals surface area contributed by atoms with E-state index >= 15 is 0 Å². The third-order valence-corrected chi connectivity index (χ3v) is 2.42. The normalized spacial score (nSPS) is 11.0. The fourth-order valence-corrected chi connectivity index (χ4v) is 1.33. The molecule has 0 heterocycles. The molecule has 0 N–H and O–H groups in total. The molecule has 0 aliphatic heterocycles. The van der Waals surface area contributed by atoms with Gasteiger partial charge in [0.25, 0.3) is 0 Å². The van der Waals surface area contributed by atoms with E-state index in [-0.39, 0.29) is 5.97 Å². The Balaban J connectivity index is 3.10. The highest BCUT2D eigenvalue weighted by atomic mass is 16.6. The highest BCUT2D eigenvalue weighted by Gasteiger charge is 2.03. The van der Waals surface area contributed by atoms with E-state index in [1.165, 1.54) is 0 Å². The molecule has 0 atom stereocenters. The molecule has 126 valence electrons. The number of rotatable bonds is 15. The van der Waals surface area contributed by atoms with Crippen LogP contribution in [0.4, 0.5) is 0 Å². The number of carbonyl (C=O) groups excluding carboxylic acids is 1. The topological polar surface area (TPSA) is 63.2 Å². The van der Waals surface area contributed by atoms with Crippen LogP contribution in [0.3, 0.4) is 0 Å². The van der Waals surface area contributed by atoms with Gasteiger partial charge in [-0.15, -0.1) is 0 Å². The molecule has 0 amide bonds. The number of esters is 1. The molecule has 0 aromatic heterocycles. The van der Waals surface area contributed by atoms with Gasteiger partial charge >= 0.3 is 5.97 Å². The quantitative estimate of drug-likeness (QED) is 0.339. The maximum absolute atomic E-state index is 11.3. The molecule has 0 aromatic carbocycles. The van der Waals surface area contributed by atoms with Crippen LogP contribution in [0.15, 0.2) is 0 Å². The molecule has 0 aliphatic rings. The Morgan fingerprint density at radius 2 is 1.38 bits per heavy atom. The summed E-state index contributed by atoms with van der Waals surface area (Å²) in [7, 11) is 1.64. The fraction of sp³-hybridized carbons (Fsp3) is 0.933. The minimum atomic E-state index is -0.156. The fourth-order valence-electron chi connectivity index (χ4n) is 1.33. The SMILES string of the molecule is COCCOCCOCCOCCCC(=O)OCC(C)C. The van der Waals surface area contributed by atoms with E-state index in [0.29, 0.717) is 71.6 Å². The number of hydrogen-bond donors (Lipinski definition) is 0. The van der Waals surface area contributed by atoms with Gasteiger partial charge in [0.05, 0.1) is 46.2 Å². The average Bonchev–Trinajstić information content (AvgIpc) is 2.46. The maximum atomic E-state index is 11.3. The van der Waals surface area contributed by atoms with E-state index in [1.54, 1.807) is 7.11 Å². The molecule has 6 heteroatoms. The summed E-state index contributed by atoms with van der Waals surface area (Å²) in [5.74, 6) is 0.220. The first kappa shape index (κ1) is 20.3. The van der Waals surface area contributed by atoms with Crippen molar-refractivity contribution in [1.29, 1.82) is 0 Å². The number of methoxy groups -OCH3 is 1. The summed E-state index contributed by atoms with van der Waals surface area (Å²) in [4.78, 5) is 11.3. The Morgan fingerprint density at radius 1 is 0.857 bits per heavy atom. The highest BCUT2D eigenvalue weighted by molar-refractivity contribution is 5.69. The number of carbonyl (C=O) groups is 1. The van der Waals surface area contributed by atoms with E-state index in [9.17, 15) is 4.79 Å². The lowest BCUT2D eigenvalue weighted by molar-refractivity contribution is -0.145. The third-order valence-electron chi connectivity index (χ3n) is 2.42. The zero-order valence-corrected chi connectivity index (χ0v) is 13.6. The second-order valence-corrected chi connectivity index (χ2v) is 5.01. The van der Waals surface area contributed by atoms with Gasteiger partial charge in [0.1, 0.15) is 0 Å². The van der Waals surface area contributed by atoms with Crippen molar-refractivity contribution >= 4 is 5.97 Å². The molecule has 0 saturated heterocycles. The van der Waals surface area contributed by atoms with Crippen LogP contribution in [-0.2, 0) is 28.5 Å². The van der Waals surface area contributed by atoms with Gasteiger partial charge in [0.15, 0.2) is 0 Å². The van der Waals surface area contributed by atoms with E-state index < -0.39 is 0 Å². The van der Waals surface area contributed by atoms with Crippen molar-refractivity contribution in [2.45, 2.75) is 26.7 Å². The first-order valence-electron chi connectivity index (χ1n) is 7.54. The second-order valence-electron chi connectivity index (χ2n) is 5.01. The van der Waals surface area contributed by atoms with Crippen molar-refractivity contribution in [3.8, 4) is 0 Å². The van der Waals surface area contributed by atoms with Crippen molar-refractivity contribution < 1.29 is 28.5 Å². The van der Waals surface area contributed by atoms with Crippen LogP contribution in [0.5, 0.6) is 0 Å². The molecule has 0 unspecified atom stereocenters. The third kappa shape index (κ3) is 17.3. The van der Waals surface area contributed by atoms with Crippen LogP contribution < -0.4 is 0 Å². The molecule has 21 heavy (non-hydrogen) atoms. The summed E-state index contributed by atoms with van der Waals surface area (Å²) in [6.07, 6.45) is 1.08. The van der Waals surface area contributed by atoms with Crippen LogP contribution in [0.2, 0.25) is 0 Å². The van der Waals surface area contributed by atoms with Crippen molar-refractivity contribution in [2.75, 3.05) is 60.0 Å². The lowest BCUT2D eigenvalue weighted by Crippen LogP contribution is -2.13. The summed E-state index contributed by atoms with van der Waals surface area (Å²) in [6, 6.07) is 0. The number of hydrogen-bond acceptors (Lipinski definition) is 6. The molecule has 6 nitrogen and oxygen atoms in total. The van der Waals surface area contributed by atoms with Gasteiger partial charge < -0.3 is 23.7 Å². The van der Waals surface area contributed by atoms with Crippen LogP contribution >= 0.6 is 0 Å². The summed E-state index contributed by atoms with van der Waals surface area (Å²) < 4.78 is 25.8. The molecule has 0 aromatic rings. The van der Waals surface area contributed by atoms with Crippen LogP contribution in [0.25, 0.3) is 0 Å². The smallest absolute Gasteiger partial charge is 0.305 e. The molecule has 0 saturated carbocycles. The monoisotopic (exact) mass is 306 g/mol. The second kappa shape index (κ2) is 15.7. The molecular formula is C15H30O6. The minimum Gasteiger partial charge on any atom is -0.465 e. The Hall–Kier alpha value is -0.690. The summed E-state index contributed by atoms with van der Waals surface area (Å²) in [6.45, 7) is 8.42. The summed E-state index contributed by atoms with van der Waals surface area (Å²) >= 11 is 0. The van der Waals surface area contributed by atoms with E-state index in [4.69, 9.17) is 23.7 Å². The van der Waals surface area contributed by atoms with Gasteiger partial charge in [0.2, 0.25) is 0 Å². The molecule has 0 bridgehead atoms. The first-order chi connectivity index (χ1) is 10.2. The lowest BCUT2D eigenvalue weighted by Gasteiger charge is -2.08. The Labute approximate surface area is 128 Å². The van der Waals surface area contributed by atoms with Crippen molar-refractivity contribution in [3.05, 3.63) is 0 Å². The largest absolute Gasteiger partial charge is 0.465 e. The lowest BCUT2D eigenvalue weighted by atomic mass is 10.2. The Kier molecular flexibility index (Phi) is 15.2. The molecular weight excluding hydrogens is 276 g/mol. The molecule has 0 fully saturated rings. The van der Waals surface area contributed by atoms with E-state index in [2.05, 4.69) is 0 Å². The predicted molar refractivity (Wildman–Crippen MR) is 79.4 cm³/mol. The minimum absolute atomic E-state index is 0.156. The first-order valence-corrected chi connectivity index (χ1v) is 7.54. The van der Waals surface area contributed by atoms with E-state index in [0.717, 1.165) is 0 Å². The van der Waals surface area contributed by atoms with Crippen LogP contribution in [0, 0.1) is 5.92 Å². The van der Waals surface area contributed by atoms with Crippen LogP contribution in [0.1, 0.15) is 26.7 Å². The standard InChI is InChI=1S/C15H30O6/c1-14(2)13-21-15(16)5-4-6-18-9-10-20-12-11-19-8-7-17-3/h14H,4-13H2,1-3H3. The van der Waals surface area contributed by atoms with Crippen molar-refractivity contribution in [2.24, 2.45) is 5.92 Å². The Bertz CT molecular complexity index is 232. The molecule has 0 radical (unpaired) electrons. The van der Waals surface area contributed by atoms with Gasteiger partial charge in [-0.1, -0.05) is 13.8 Å². The van der Waals surface area contributed by atoms with E-state index in [1.807, 2.05) is 13.8 Å². The van der Waals surface area contributed by atoms with Crippen molar-refractivity contribution in [3.63, 3.8) is 0 Å². The predicted octanol–water partition coefficient (Wildman–Crippen LogP) is 1.66. The zero-order valence-electron chi connectivity index (χ0n) is 13.6. The average molecular weight is 306 g/mol.